The van der Waals surface area contributed by atoms with Crippen molar-refractivity contribution in [2.75, 3.05) is 19.8 Å². The number of unbranched alkanes of at least 4 members (excludes halogenated alkanes) is 8. The number of aliphatic carboxylic acids is 1. The smallest absolute Gasteiger partial charge is 0.472 e. The summed E-state index contributed by atoms with van der Waals surface area (Å²) in [5.41, 5.74) is 0. The summed E-state index contributed by atoms with van der Waals surface area (Å²) in [4.78, 5) is 46.0. The van der Waals surface area contributed by atoms with Crippen molar-refractivity contribution < 1.29 is 47.8 Å². The molecule has 0 aromatic rings. The van der Waals surface area contributed by atoms with E-state index in [-0.39, 0.29) is 12.8 Å². The third-order valence-corrected chi connectivity index (χ3v) is 10.2. The van der Waals surface area contributed by atoms with Gasteiger partial charge in [0.15, 0.2) is 6.04 Å². The Labute approximate surface area is 386 Å². The Hall–Kier alpha value is -4.12. The van der Waals surface area contributed by atoms with Crippen LogP contribution < -0.4 is 5.32 Å². The lowest BCUT2D eigenvalue weighted by atomic mass is 10.1. The van der Waals surface area contributed by atoms with E-state index in [1.165, 1.54) is 25.7 Å². The molecule has 0 aliphatic rings. The van der Waals surface area contributed by atoms with Crippen LogP contribution in [-0.4, -0.2) is 64.9 Å². The van der Waals surface area contributed by atoms with Gasteiger partial charge in [-0.2, -0.15) is 0 Å². The molecule has 3 atom stereocenters. The van der Waals surface area contributed by atoms with Crippen molar-refractivity contribution in [2.45, 2.75) is 167 Å². The number of rotatable bonds is 42. The summed E-state index contributed by atoms with van der Waals surface area (Å²) in [6.07, 6.45) is 60.8. The number of hydrogen-bond donors (Lipinski definition) is 4. The van der Waals surface area contributed by atoms with E-state index in [4.69, 9.17) is 13.8 Å². The molecule has 0 fully saturated rings. The van der Waals surface area contributed by atoms with Crippen molar-refractivity contribution in [3.8, 4) is 0 Å². The van der Waals surface area contributed by atoms with Gasteiger partial charge in [0.25, 0.3) is 0 Å². The molecule has 0 radical (unpaired) electrons. The van der Waals surface area contributed by atoms with Crippen molar-refractivity contribution >= 4 is 25.7 Å². The molecule has 0 saturated carbocycles. The van der Waals surface area contributed by atoms with Gasteiger partial charge < -0.3 is 25.2 Å². The number of phosphoric acid groups is 1. The van der Waals surface area contributed by atoms with Crippen LogP contribution in [0.4, 0.5) is 0 Å². The summed E-state index contributed by atoms with van der Waals surface area (Å²) in [6, 6.07) is -1.57. The molecule has 0 saturated heterocycles. The molecule has 0 spiro atoms. The molecule has 4 N–H and O–H groups in total. The first-order chi connectivity index (χ1) is 31.1. The van der Waals surface area contributed by atoms with Crippen LogP contribution in [0.25, 0.3) is 0 Å². The van der Waals surface area contributed by atoms with Gasteiger partial charge in [-0.05, 0) is 96.3 Å². The number of carboxylic acid groups (broad SMARTS) is 1. The summed E-state index contributed by atoms with van der Waals surface area (Å²) in [5.74, 6) is -2.51. The van der Waals surface area contributed by atoms with Gasteiger partial charge in [0.2, 0.25) is 5.91 Å². The molecule has 0 aliphatic carbocycles. The van der Waals surface area contributed by atoms with E-state index in [1.807, 2.05) is 18.2 Å². The highest BCUT2D eigenvalue weighted by Crippen LogP contribution is 2.43. The van der Waals surface area contributed by atoms with Crippen LogP contribution in [0.5, 0.6) is 0 Å². The van der Waals surface area contributed by atoms with Crippen molar-refractivity contribution in [3.63, 3.8) is 0 Å². The molecular formula is C52H82NO10P. The van der Waals surface area contributed by atoms with Crippen molar-refractivity contribution in [1.82, 2.24) is 5.32 Å². The highest BCUT2D eigenvalue weighted by molar-refractivity contribution is 7.47. The lowest BCUT2D eigenvalue weighted by Crippen LogP contribution is -2.43. The maximum atomic E-state index is 12.3. The van der Waals surface area contributed by atoms with Crippen LogP contribution in [0, 0.1) is 0 Å². The summed E-state index contributed by atoms with van der Waals surface area (Å²) in [6.45, 7) is 2.35. The molecule has 360 valence electrons. The standard InChI is InChI=1S/C52H82NO10P/c1-3-5-7-9-11-13-15-17-19-21-23-24-26-27-29-31-33-35-37-39-41-43-50(55)53-49(52(57)58)47-63-64(59,60)62-46-48(54)45-61-51(56)44-42-40-38-36-34-32-30-28-25-22-20-18-16-14-12-10-8-6-4-2/h6,8,11-14,17-20,23-25,27-29,32,34,38,40,48-49,54H,3-5,7,9-10,15-16,21-22,26,30-31,33,35-37,39,41-47H2,1-2H3,(H,53,55)(H,57,58)(H,59,60)/b8-6-,13-11-,14-12-,19-17-,20-18-,24-23-,28-25-,29-27-,34-32-,40-38-. The third kappa shape index (κ3) is 44.5. The van der Waals surface area contributed by atoms with Crippen LogP contribution in [0.3, 0.4) is 0 Å². The van der Waals surface area contributed by atoms with Gasteiger partial charge >= 0.3 is 19.8 Å². The first kappa shape index (κ1) is 59.9. The van der Waals surface area contributed by atoms with Gasteiger partial charge in [0, 0.05) is 12.8 Å². The minimum absolute atomic E-state index is 0.0902. The number of esters is 1. The molecule has 0 aromatic heterocycles. The van der Waals surface area contributed by atoms with Gasteiger partial charge in [-0.15, -0.1) is 0 Å². The fourth-order valence-corrected chi connectivity index (χ4v) is 6.39. The molecule has 0 rings (SSSR count). The summed E-state index contributed by atoms with van der Waals surface area (Å²) < 4.78 is 26.8. The number of hydrogen-bond acceptors (Lipinski definition) is 8. The fraction of sp³-hybridized carbons (Fsp3) is 0.558. The number of aliphatic hydroxyl groups excluding tert-OH is 1. The second-order valence-corrected chi connectivity index (χ2v) is 16.7. The predicted octanol–water partition coefficient (Wildman–Crippen LogP) is 12.8. The fourth-order valence-electron chi connectivity index (χ4n) is 5.62. The minimum Gasteiger partial charge on any atom is -0.480 e. The van der Waals surface area contributed by atoms with E-state index >= 15 is 0 Å². The molecule has 0 bridgehead atoms. The van der Waals surface area contributed by atoms with Crippen LogP contribution in [0.1, 0.15) is 155 Å². The molecule has 0 heterocycles. The number of carbonyl (C=O) groups excluding carboxylic acids is 2. The number of phosphoric ester groups is 1. The highest BCUT2D eigenvalue weighted by atomic mass is 31.2. The highest BCUT2D eigenvalue weighted by Gasteiger charge is 2.28. The number of carboxylic acids is 1. The van der Waals surface area contributed by atoms with E-state index in [0.29, 0.717) is 12.8 Å². The lowest BCUT2D eigenvalue weighted by Gasteiger charge is -2.18. The largest absolute Gasteiger partial charge is 0.480 e. The van der Waals surface area contributed by atoms with E-state index < -0.39 is 57.6 Å². The van der Waals surface area contributed by atoms with Gasteiger partial charge in [0.1, 0.15) is 12.7 Å². The van der Waals surface area contributed by atoms with Crippen LogP contribution in [-0.2, 0) is 32.7 Å². The van der Waals surface area contributed by atoms with Crippen molar-refractivity contribution in [1.29, 1.82) is 0 Å². The second kappa shape index (κ2) is 45.4. The molecule has 0 aromatic carbocycles. The molecule has 64 heavy (non-hydrogen) atoms. The maximum Gasteiger partial charge on any atom is 0.472 e. The van der Waals surface area contributed by atoms with Crippen molar-refractivity contribution in [3.05, 3.63) is 122 Å². The minimum atomic E-state index is -4.79. The van der Waals surface area contributed by atoms with E-state index in [0.717, 1.165) is 89.9 Å². The average Bonchev–Trinajstić information content (AvgIpc) is 3.27. The Balaban J connectivity index is 4.03. The zero-order chi connectivity index (χ0) is 47.0. The van der Waals surface area contributed by atoms with Crippen LogP contribution >= 0.6 is 7.82 Å². The van der Waals surface area contributed by atoms with Gasteiger partial charge in [-0.1, -0.05) is 167 Å². The lowest BCUT2D eigenvalue weighted by molar-refractivity contribution is -0.147. The maximum absolute atomic E-state index is 12.3. The quantitative estimate of drug-likeness (QED) is 0.0200. The second-order valence-electron chi connectivity index (χ2n) is 15.2. The first-order valence-electron chi connectivity index (χ1n) is 23.6. The van der Waals surface area contributed by atoms with Gasteiger partial charge in [0.05, 0.1) is 13.2 Å². The summed E-state index contributed by atoms with van der Waals surface area (Å²) in [5, 5.41) is 21.8. The van der Waals surface area contributed by atoms with E-state index in [1.54, 1.807) is 0 Å². The number of ether oxygens (including phenoxy) is 1. The van der Waals surface area contributed by atoms with E-state index in [2.05, 4.69) is 122 Å². The Bertz CT molecular complexity index is 1540. The monoisotopic (exact) mass is 912 g/mol. The number of allylic oxidation sites excluding steroid dienone is 20. The predicted molar refractivity (Wildman–Crippen MR) is 263 cm³/mol. The van der Waals surface area contributed by atoms with Gasteiger partial charge in [-0.3, -0.25) is 18.6 Å². The third-order valence-electron chi connectivity index (χ3n) is 9.25. The summed E-state index contributed by atoms with van der Waals surface area (Å²) >= 11 is 0. The summed E-state index contributed by atoms with van der Waals surface area (Å²) in [7, 11) is -4.79. The SMILES string of the molecule is CC/C=C\C/C=C\C/C=C\C/C=C\C/C=C\C/C=C\CCC(=O)OCC(O)COP(=O)(O)OCC(NC(=O)CCCCCCC/C=C\C/C=C\C/C=C\C/C=C\CCCCC)C(=O)O. The number of carbonyl (C=O) groups is 3. The molecule has 1 amide bonds. The molecule has 12 heteroatoms. The number of aliphatic hydroxyl groups is 1. The first-order valence-corrected chi connectivity index (χ1v) is 25.1. The van der Waals surface area contributed by atoms with Gasteiger partial charge in [-0.25, -0.2) is 9.36 Å². The zero-order valence-corrected chi connectivity index (χ0v) is 39.9. The number of nitrogens with one attached hydrogen (secondary N) is 1. The van der Waals surface area contributed by atoms with Crippen molar-refractivity contribution in [2.24, 2.45) is 0 Å². The average molecular weight is 912 g/mol. The topological polar surface area (TPSA) is 169 Å². The Morgan fingerprint density at radius 1 is 0.516 bits per heavy atom. The Morgan fingerprint density at radius 2 is 0.922 bits per heavy atom. The number of amides is 1. The molecule has 3 unspecified atom stereocenters. The van der Waals surface area contributed by atoms with Crippen LogP contribution in [0.2, 0.25) is 0 Å². The Morgan fingerprint density at radius 3 is 1.39 bits per heavy atom. The van der Waals surface area contributed by atoms with E-state index in [9.17, 15) is 34.1 Å². The normalized spacial score (nSPS) is 14.7. The molecular weight excluding hydrogens is 830 g/mol. The zero-order valence-electron chi connectivity index (χ0n) is 39.0. The Kier molecular flexibility index (Phi) is 42.5. The molecule has 0 aliphatic heterocycles. The molecule has 11 nitrogen and oxygen atoms in total. The van der Waals surface area contributed by atoms with Crippen LogP contribution in [0.15, 0.2) is 122 Å².